The van der Waals surface area contributed by atoms with Crippen LogP contribution in [-0.4, -0.2) is 72.5 Å². The minimum atomic E-state index is -0.908. The number of hydrogen-bond donors (Lipinski definition) is 2. The SMILES string of the molecule is CC(=O)OC1CC2(O)C3CCC4CC(N5CCCNCC5)CCC4(C)C3CCC2(C)C1C1=CC(=O)OC1. The van der Waals surface area contributed by atoms with Gasteiger partial charge in [0.05, 0.1) is 5.60 Å². The topological polar surface area (TPSA) is 88.1 Å². The van der Waals surface area contributed by atoms with Gasteiger partial charge in [0.15, 0.2) is 0 Å². The molecule has 7 heteroatoms. The molecular weight excluding hydrogens is 468 g/mol. The standard InChI is InChI=1S/C30H46N2O5/c1-19(33)37-25-17-30(35)24-6-5-21-16-22(32-13-4-11-31-12-14-32)7-9-28(21,2)23(24)8-10-29(30,3)27(25)20-15-26(34)36-18-20/h15,21-25,27,31,35H,4-14,16-18H2,1-3H3. The highest BCUT2D eigenvalue weighted by atomic mass is 16.5. The van der Waals surface area contributed by atoms with E-state index in [1.54, 1.807) is 6.08 Å². The molecule has 2 heterocycles. The first-order valence-electron chi connectivity index (χ1n) is 14.9. The number of ether oxygens (including phenoxy) is 2. The second kappa shape index (κ2) is 9.34. The van der Waals surface area contributed by atoms with Crippen LogP contribution < -0.4 is 5.32 Å². The van der Waals surface area contributed by atoms with Gasteiger partial charge in [-0.3, -0.25) is 9.69 Å². The monoisotopic (exact) mass is 514 g/mol. The smallest absolute Gasteiger partial charge is 0.331 e. The normalized spacial score (nSPS) is 48.2. The van der Waals surface area contributed by atoms with Gasteiger partial charge in [0.25, 0.3) is 0 Å². The number of fused-ring (bicyclic) bond motifs is 5. The maximum Gasteiger partial charge on any atom is 0.331 e. The van der Waals surface area contributed by atoms with Crippen molar-refractivity contribution in [2.45, 2.75) is 96.3 Å². The van der Waals surface area contributed by atoms with E-state index in [9.17, 15) is 14.7 Å². The summed E-state index contributed by atoms with van der Waals surface area (Å²) in [6.45, 7) is 11.0. The molecule has 0 aromatic rings. The Morgan fingerprint density at radius 1 is 1.14 bits per heavy atom. The predicted molar refractivity (Wildman–Crippen MR) is 140 cm³/mol. The van der Waals surface area contributed by atoms with Crippen LogP contribution in [0.2, 0.25) is 0 Å². The van der Waals surface area contributed by atoms with Gasteiger partial charge in [0, 0.05) is 49.9 Å². The second-order valence-corrected chi connectivity index (χ2v) is 13.6. The van der Waals surface area contributed by atoms with Gasteiger partial charge in [-0.1, -0.05) is 13.8 Å². The number of cyclic esters (lactones) is 1. The molecule has 9 unspecified atom stereocenters. The van der Waals surface area contributed by atoms with Crippen LogP contribution in [0, 0.1) is 34.5 Å². The zero-order valence-corrected chi connectivity index (χ0v) is 23.0. The van der Waals surface area contributed by atoms with E-state index in [2.05, 4.69) is 24.1 Å². The number of rotatable bonds is 3. The highest BCUT2D eigenvalue weighted by Gasteiger charge is 2.71. The van der Waals surface area contributed by atoms with Crippen LogP contribution >= 0.6 is 0 Å². The van der Waals surface area contributed by atoms with Gasteiger partial charge in [-0.05, 0) is 93.2 Å². The van der Waals surface area contributed by atoms with Crippen molar-refractivity contribution >= 4 is 11.9 Å². The van der Waals surface area contributed by atoms with Crippen molar-refractivity contribution in [2.24, 2.45) is 34.5 Å². The molecule has 0 bridgehead atoms. The Morgan fingerprint density at radius 3 is 2.73 bits per heavy atom. The number of hydrogen-bond acceptors (Lipinski definition) is 7. The average molecular weight is 515 g/mol. The summed E-state index contributed by atoms with van der Waals surface area (Å²) in [5, 5.41) is 16.2. The summed E-state index contributed by atoms with van der Waals surface area (Å²) in [5.74, 6) is 0.583. The highest BCUT2D eigenvalue weighted by molar-refractivity contribution is 5.85. The van der Waals surface area contributed by atoms with E-state index in [0.717, 1.165) is 37.9 Å². The van der Waals surface area contributed by atoms with Gasteiger partial charge < -0.3 is 19.9 Å². The van der Waals surface area contributed by atoms with Crippen LogP contribution in [0.3, 0.4) is 0 Å². The van der Waals surface area contributed by atoms with Crippen molar-refractivity contribution in [2.75, 3.05) is 32.8 Å². The quantitative estimate of drug-likeness (QED) is 0.558. The summed E-state index contributed by atoms with van der Waals surface area (Å²) in [7, 11) is 0. The molecule has 2 N–H and O–H groups in total. The molecule has 206 valence electrons. The van der Waals surface area contributed by atoms with E-state index in [1.165, 1.54) is 52.1 Å². The van der Waals surface area contributed by atoms with Gasteiger partial charge >= 0.3 is 11.9 Å². The van der Waals surface area contributed by atoms with E-state index >= 15 is 0 Å². The predicted octanol–water partition coefficient (Wildman–Crippen LogP) is 3.45. The maximum absolute atomic E-state index is 12.7. The third kappa shape index (κ3) is 4.01. The molecule has 4 saturated carbocycles. The summed E-state index contributed by atoms with van der Waals surface area (Å²) in [5.41, 5.74) is -0.205. The molecule has 4 aliphatic carbocycles. The average Bonchev–Trinajstić information content (AvgIpc) is 3.21. The number of esters is 2. The van der Waals surface area contributed by atoms with E-state index in [4.69, 9.17) is 9.47 Å². The Bertz CT molecular complexity index is 960. The fourth-order valence-electron chi connectivity index (χ4n) is 10.3. The first kappa shape index (κ1) is 25.8. The molecule has 7 nitrogen and oxygen atoms in total. The molecule has 0 aromatic carbocycles. The molecule has 37 heavy (non-hydrogen) atoms. The lowest BCUT2D eigenvalue weighted by atomic mass is 9.43. The fourth-order valence-corrected chi connectivity index (χ4v) is 10.3. The summed E-state index contributed by atoms with van der Waals surface area (Å²) < 4.78 is 11.2. The lowest BCUT2D eigenvalue weighted by Crippen LogP contribution is -2.62. The molecule has 5 fully saturated rings. The summed E-state index contributed by atoms with van der Waals surface area (Å²) >= 11 is 0. The number of nitrogens with one attached hydrogen (secondary N) is 1. The largest absolute Gasteiger partial charge is 0.462 e. The van der Waals surface area contributed by atoms with Crippen LogP contribution in [0.4, 0.5) is 0 Å². The van der Waals surface area contributed by atoms with Crippen molar-refractivity contribution in [3.8, 4) is 0 Å². The molecular formula is C30H46N2O5. The zero-order chi connectivity index (χ0) is 26.0. The maximum atomic E-state index is 12.7. The van der Waals surface area contributed by atoms with Gasteiger partial charge in [0.1, 0.15) is 12.7 Å². The minimum Gasteiger partial charge on any atom is -0.462 e. The van der Waals surface area contributed by atoms with Gasteiger partial charge in [-0.2, -0.15) is 0 Å². The van der Waals surface area contributed by atoms with E-state index < -0.39 is 17.1 Å². The highest BCUT2D eigenvalue weighted by Crippen LogP contribution is 2.70. The fraction of sp³-hybridized carbons (Fsp3) is 0.867. The van der Waals surface area contributed by atoms with Crippen molar-refractivity contribution in [3.63, 3.8) is 0 Å². The molecule has 0 spiro atoms. The number of carbonyl (C=O) groups is 2. The molecule has 0 aromatic heterocycles. The van der Waals surface area contributed by atoms with Gasteiger partial charge in [-0.25, -0.2) is 4.79 Å². The Labute approximate surface area is 221 Å². The van der Waals surface area contributed by atoms with E-state index in [0.29, 0.717) is 24.3 Å². The Morgan fingerprint density at radius 2 is 1.97 bits per heavy atom. The lowest BCUT2D eigenvalue weighted by molar-refractivity contribution is -0.206. The van der Waals surface area contributed by atoms with Crippen molar-refractivity contribution in [1.29, 1.82) is 0 Å². The van der Waals surface area contributed by atoms with E-state index in [-0.39, 0.29) is 35.8 Å². The zero-order valence-electron chi connectivity index (χ0n) is 23.0. The van der Waals surface area contributed by atoms with Crippen molar-refractivity contribution in [3.05, 3.63) is 11.6 Å². The second-order valence-electron chi connectivity index (χ2n) is 13.6. The van der Waals surface area contributed by atoms with Gasteiger partial charge in [-0.15, -0.1) is 0 Å². The number of aliphatic hydroxyl groups is 1. The first-order chi connectivity index (χ1) is 17.7. The van der Waals surface area contributed by atoms with Crippen LogP contribution in [0.5, 0.6) is 0 Å². The molecule has 6 aliphatic rings. The minimum absolute atomic E-state index is 0.174. The number of nitrogens with zero attached hydrogens (tertiary/aromatic N) is 1. The molecule has 1 saturated heterocycles. The number of carbonyl (C=O) groups excluding carboxylic acids is 2. The molecule has 2 aliphatic heterocycles. The Hall–Kier alpha value is -1.44. The Balaban J connectivity index is 1.26. The van der Waals surface area contributed by atoms with E-state index in [1.807, 2.05) is 0 Å². The van der Waals surface area contributed by atoms with Crippen LogP contribution in [0.25, 0.3) is 0 Å². The lowest BCUT2D eigenvalue weighted by Gasteiger charge is -2.64. The summed E-state index contributed by atoms with van der Waals surface area (Å²) in [6.07, 6.45) is 10.9. The third-order valence-corrected chi connectivity index (χ3v) is 12.1. The van der Waals surface area contributed by atoms with Crippen LogP contribution in [-0.2, 0) is 19.1 Å². The van der Waals surface area contributed by atoms with Crippen molar-refractivity contribution in [1.82, 2.24) is 10.2 Å². The summed E-state index contributed by atoms with van der Waals surface area (Å²) in [4.78, 5) is 26.9. The molecule has 9 atom stereocenters. The third-order valence-electron chi connectivity index (χ3n) is 12.1. The van der Waals surface area contributed by atoms with Crippen molar-refractivity contribution < 1.29 is 24.2 Å². The van der Waals surface area contributed by atoms with Crippen LogP contribution in [0.1, 0.15) is 78.6 Å². The first-order valence-corrected chi connectivity index (χ1v) is 14.9. The van der Waals surface area contributed by atoms with Gasteiger partial charge in [0.2, 0.25) is 0 Å². The summed E-state index contributed by atoms with van der Waals surface area (Å²) in [6, 6.07) is 0.697. The molecule has 6 rings (SSSR count). The Kier molecular flexibility index (Phi) is 6.52. The van der Waals surface area contributed by atoms with Crippen LogP contribution in [0.15, 0.2) is 11.6 Å². The molecule has 0 amide bonds. The molecule has 0 radical (unpaired) electrons.